The van der Waals surface area contributed by atoms with E-state index in [4.69, 9.17) is 9.47 Å². The van der Waals surface area contributed by atoms with Crippen molar-refractivity contribution in [1.82, 2.24) is 5.32 Å². The van der Waals surface area contributed by atoms with Crippen molar-refractivity contribution in [1.29, 1.82) is 0 Å². The van der Waals surface area contributed by atoms with Gasteiger partial charge in [-0.2, -0.15) is 0 Å². The Morgan fingerprint density at radius 3 is 2.89 bits per heavy atom. The van der Waals surface area contributed by atoms with Crippen molar-refractivity contribution in [2.75, 3.05) is 37.7 Å². The van der Waals surface area contributed by atoms with Crippen LogP contribution in [0.1, 0.15) is 0 Å². The summed E-state index contributed by atoms with van der Waals surface area (Å²) in [7, 11) is 0. The van der Waals surface area contributed by atoms with Gasteiger partial charge in [0.05, 0.1) is 19.8 Å². The smallest absolute Gasteiger partial charge is 0.415 e. The zero-order valence-electron chi connectivity index (χ0n) is 10.4. The van der Waals surface area contributed by atoms with E-state index in [1.54, 1.807) is 12.1 Å². The van der Waals surface area contributed by atoms with Gasteiger partial charge in [0.2, 0.25) is 0 Å². The maximum absolute atomic E-state index is 12.9. The first kappa shape index (κ1) is 12.4. The highest BCUT2D eigenvalue weighted by Crippen LogP contribution is 2.28. The molecule has 6 heteroatoms. The van der Waals surface area contributed by atoms with E-state index in [1.807, 2.05) is 0 Å². The van der Waals surface area contributed by atoms with Crippen molar-refractivity contribution >= 4 is 11.8 Å². The molecule has 0 unspecified atom stereocenters. The number of hydrogen-bond acceptors (Lipinski definition) is 4. The highest BCUT2D eigenvalue weighted by molar-refractivity contribution is 5.90. The minimum absolute atomic E-state index is 0.328. The Kier molecular flexibility index (Phi) is 3.12. The van der Waals surface area contributed by atoms with Crippen molar-refractivity contribution in [2.45, 2.75) is 5.60 Å². The second-order valence-corrected chi connectivity index (χ2v) is 4.84. The first-order valence-electron chi connectivity index (χ1n) is 6.23. The number of carbonyl (C=O) groups excluding carboxylic acids is 1. The van der Waals surface area contributed by atoms with Gasteiger partial charge in [-0.05, 0) is 24.3 Å². The number of hydrogen-bond donors (Lipinski definition) is 1. The van der Waals surface area contributed by atoms with Crippen molar-refractivity contribution in [3.05, 3.63) is 30.1 Å². The van der Waals surface area contributed by atoms with Crippen molar-refractivity contribution in [2.24, 2.45) is 0 Å². The molecule has 1 atom stereocenters. The van der Waals surface area contributed by atoms with E-state index in [2.05, 4.69) is 5.32 Å². The van der Waals surface area contributed by atoms with Crippen LogP contribution >= 0.6 is 0 Å². The Hall–Kier alpha value is -1.66. The van der Waals surface area contributed by atoms with E-state index in [-0.39, 0.29) is 5.82 Å². The number of nitrogens with one attached hydrogen (secondary N) is 1. The molecule has 1 aromatic carbocycles. The molecule has 5 nitrogen and oxygen atoms in total. The summed E-state index contributed by atoms with van der Waals surface area (Å²) in [5.41, 5.74) is -0.0189. The molecule has 102 valence electrons. The lowest BCUT2D eigenvalue weighted by atomic mass is 10.1. The maximum atomic E-state index is 12.9. The number of anilines is 1. The zero-order valence-corrected chi connectivity index (χ0v) is 10.4. The van der Waals surface area contributed by atoms with Gasteiger partial charge in [-0.1, -0.05) is 0 Å². The van der Waals surface area contributed by atoms with E-state index >= 15 is 0 Å². The average Bonchev–Trinajstić information content (AvgIpc) is 2.58. The van der Waals surface area contributed by atoms with Crippen LogP contribution in [0.2, 0.25) is 0 Å². The molecule has 1 spiro atoms. The number of nitrogens with zero attached hydrogens (tertiary/aromatic N) is 1. The first-order valence-corrected chi connectivity index (χ1v) is 6.23. The molecule has 1 aromatic rings. The molecule has 2 aliphatic rings. The van der Waals surface area contributed by atoms with Gasteiger partial charge >= 0.3 is 6.09 Å². The largest absolute Gasteiger partial charge is 0.437 e. The van der Waals surface area contributed by atoms with Crippen molar-refractivity contribution in [3.63, 3.8) is 0 Å². The van der Waals surface area contributed by atoms with Gasteiger partial charge in [-0.3, -0.25) is 4.90 Å². The van der Waals surface area contributed by atoms with E-state index in [0.717, 1.165) is 6.54 Å². The normalized spacial score (nSPS) is 27.4. The van der Waals surface area contributed by atoms with Crippen LogP contribution in [-0.4, -0.2) is 44.5 Å². The van der Waals surface area contributed by atoms with Crippen LogP contribution in [0.4, 0.5) is 14.9 Å². The van der Waals surface area contributed by atoms with Gasteiger partial charge in [0.25, 0.3) is 0 Å². The summed E-state index contributed by atoms with van der Waals surface area (Å²) in [6.45, 7) is 2.70. The molecule has 2 saturated heterocycles. The maximum Gasteiger partial charge on any atom is 0.415 e. The van der Waals surface area contributed by atoms with E-state index in [0.29, 0.717) is 32.0 Å². The molecule has 2 fully saturated rings. The minimum atomic E-state index is -0.651. The van der Waals surface area contributed by atoms with Gasteiger partial charge in [0.15, 0.2) is 5.60 Å². The van der Waals surface area contributed by atoms with E-state index in [9.17, 15) is 9.18 Å². The monoisotopic (exact) mass is 266 g/mol. The predicted octanol–water partition coefficient (Wildman–Crippen LogP) is 1.14. The summed E-state index contributed by atoms with van der Waals surface area (Å²) in [4.78, 5) is 13.5. The van der Waals surface area contributed by atoms with Gasteiger partial charge < -0.3 is 14.8 Å². The zero-order chi connectivity index (χ0) is 13.3. The van der Waals surface area contributed by atoms with E-state index < -0.39 is 11.7 Å². The Morgan fingerprint density at radius 1 is 1.32 bits per heavy atom. The lowest BCUT2D eigenvalue weighted by Gasteiger charge is -2.24. The average molecular weight is 266 g/mol. The van der Waals surface area contributed by atoms with Crippen molar-refractivity contribution in [3.8, 4) is 0 Å². The van der Waals surface area contributed by atoms with Gasteiger partial charge in [0, 0.05) is 18.8 Å². The Morgan fingerprint density at radius 2 is 2.11 bits per heavy atom. The van der Waals surface area contributed by atoms with Crippen LogP contribution in [0.5, 0.6) is 0 Å². The number of carbonyl (C=O) groups is 1. The summed E-state index contributed by atoms with van der Waals surface area (Å²) >= 11 is 0. The fourth-order valence-electron chi connectivity index (χ4n) is 2.38. The van der Waals surface area contributed by atoms with Crippen molar-refractivity contribution < 1.29 is 18.7 Å². The van der Waals surface area contributed by atoms with Crippen LogP contribution in [0.15, 0.2) is 24.3 Å². The minimum Gasteiger partial charge on any atom is -0.437 e. The first-order chi connectivity index (χ1) is 9.19. The third-order valence-corrected chi connectivity index (χ3v) is 3.34. The van der Waals surface area contributed by atoms with Crippen LogP contribution < -0.4 is 10.2 Å². The quantitative estimate of drug-likeness (QED) is 0.828. The topological polar surface area (TPSA) is 50.8 Å². The molecule has 2 heterocycles. The van der Waals surface area contributed by atoms with Gasteiger partial charge in [-0.15, -0.1) is 0 Å². The lowest BCUT2D eigenvalue weighted by molar-refractivity contribution is -0.00744. The molecule has 2 aliphatic heterocycles. The summed E-state index contributed by atoms with van der Waals surface area (Å²) in [5.74, 6) is -0.328. The van der Waals surface area contributed by atoms with Crippen LogP contribution in [0.3, 0.4) is 0 Å². The molecule has 0 radical (unpaired) electrons. The second-order valence-electron chi connectivity index (χ2n) is 4.84. The molecule has 1 amide bonds. The molecule has 0 saturated carbocycles. The summed E-state index contributed by atoms with van der Waals surface area (Å²) < 4.78 is 23.8. The standard InChI is InChI=1S/C13H15FN2O3/c14-10-1-3-11(4-2-10)16-8-13(19-12(16)17)7-15-5-6-18-9-13/h1-4,15H,5-9H2/t13-/m1/s1. The summed E-state index contributed by atoms with van der Waals surface area (Å²) in [6.07, 6.45) is -0.418. The molecule has 19 heavy (non-hydrogen) atoms. The van der Waals surface area contributed by atoms with Crippen LogP contribution in [0, 0.1) is 5.82 Å². The van der Waals surface area contributed by atoms with Crippen LogP contribution in [0.25, 0.3) is 0 Å². The number of halogens is 1. The predicted molar refractivity (Wildman–Crippen MR) is 66.6 cm³/mol. The molecule has 0 bridgehead atoms. The fraction of sp³-hybridized carbons (Fsp3) is 0.462. The third kappa shape index (κ3) is 2.41. The Balaban J connectivity index is 1.81. The Bertz CT molecular complexity index is 469. The van der Waals surface area contributed by atoms with Crippen LogP contribution in [-0.2, 0) is 9.47 Å². The second kappa shape index (κ2) is 4.79. The summed E-state index contributed by atoms with van der Waals surface area (Å²) in [5, 5.41) is 3.19. The fourth-order valence-corrected chi connectivity index (χ4v) is 2.38. The summed E-state index contributed by atoms with van der Waals surface area (Å²) in [6, 6.07) is 5.80. The highest BCUT2D eigenvalue weighted by Gasteiger charge is 2.46. The highest BCUT2D eigenvalue weighted by atomic mass is 19.1. The SMILES string of the molecule is O=C1O[C@]2(CNCCOC2)CN1c1ccc(F)cc1. The van der Waals surface area contributed by atoms with Gasteiger partial charge in [0.1, 0.15) is 5.82 Å². The third-order valence-electron chi connectivity index (χ3n) is 3.34. The lowest BCUT2D eigenvalue weighted by Crippen LogP contribution is -2.46. The molecular formula is C13H15FN2O3. The van der Waals surface area contributed by atoms with E-state index in [1.165, 1.54) is 17.0 Å². The number of amides is 1. The van der Waals surface area contributed by atoms with Gasteiger partial charge in [-0.25, -0.2) is 9.18 Å². The number of ether oxygens (including phenoxy) is 2. The molecular weight excluding hydrogens is 251 g/mol. The molecule has 0 aliphatic carbocycles. The molecule has 3 rings (SSSR count). The number of benzene rings is 1. The Labute approximate surface area is 110 Å². The molecule has 0 aromatic heterocycles. The molecule has 1 N–H and O–H groups in total. The number of rotatable bonds is 1.